The number of hydrogen-bond donors (Lipinski definition) is 0. The van der Waals surface area contributed by atoms with Crippen molar-refractivity contribution in [2.75, 3.05) is 14.2 Å². The SMILES string of the molecule is COC(C)(C)OC(c1ccccc1)C(OC(=O)OC(C(OC(C)(C)OC)c1ccccc1)N1C(=O)CCC1=O)N1C(=O)CCC1=O. The molecule has 4 amide bonds. The molecule has 0 N–H and O–H groups in total. The molecule has 2 aliphatic rings. The second-order valence-corrected chi connectivity index (χ2v) is 11.7. The quantitative estimate of drug-likeness (QED) is 0.165. The van der Waals surface area contributed by atoms with E-state index in [-0.39, 0.29) is 25.7 Å². The van der Waals surface area contributed by atoms with E-state index in [0.29, 0.717) is 11.1 Å². The lowest BCUT2D eigenvalue weighted by Gasteiger charge is -2.38. The van der Waals surface area contributed by atoms with Crippen molar-refractivity contribution in [1.29, 1.82) is 0 Å². The Hall–Kier alpha value is -4.17. The zero-order chi connectivity index (χ0) is 33.6. The van der Waals surface area contributed by atoms with Gasteiger partial charge in [-0.25, -0.2) is 14.6 Å². The summed E-state index contributed by atoms with van der Waals surface area (Å²) in [5.74, 6) is -4.86. The van der Waals surface area contributed by atoms with Gasteiger partial charge in [0.1, 0.15) is 12.2 Å². The first-order valence-electron chi connectivity index (χ1n) is 14.9. The molecule has 0 radical (unpaired) electrons. The van der Waals surface area contributed by atoms with Crippen LogP contribution in [0, 0.1) is 0 Å². The molecular weight excluding hydrogens is 600 g/mol. The third kappa shape index (κ3) is 8.15. The van der Waals surface area contributed by atoms with E-state index in [2.05, 4.69) is 0 Å². The number of amides is 4. The van der Waals surface area contributed by atoms with E-state index in [1.54, 1.807) is 88.4 Å². The van der Waals surface area contributed by atoms with E-state index in [9.17, 15) is 24.0 Å². The number of nitrogens with zero attached hydrogens (tertiary/aromatic N) is 2. The zero-order valence-electron chi connectivity index (χ0n) is 26.8. The number of carbonyl (C=O) groups excluding carboxylic acids is 5. The van der Waals surface area contributed by atoms with Crippen LogP contribution in [0.2, 0.25) is 0 Å². The first-order chi connectivity index (χ1) is 21.8. The van der Waals surface area contributed by atoms with E-state index in [0.717, 1.165) is 9.80 Å². The molecule has 2 fully saturated rings. The number of benzene rings is 2. The second kappa shape index (κ2) is 14.5. The van der Waals surface area contributed by atoms with Crippen molar-refractivity contribution in [3.05, 3.63) is 71.8 Å². The van der Waals surface area contributed by atoms with Crippen LogP contribution in [-0.4, -0.2) is 77.8 Å². The summed E-state index contributed by atoms with van der Waals surface area (Å²) >= 11 is 0. The molecular formula is C33H40N2O11. The van der Waals surface area contributed by atoms with Crippen LogP contribution in [0.25, 0.3) is 0 Å². The fourth-order valence-corrected chi connectivity index (χ4v) is 5.06. The van der Waals surface area contributed by atoms with Crippen LogP contribution in [0.1, 0.15) is 76.7 Å². The smallest absolute Gasteiger partial charge is 0.406 e. The van der Waals surface area contributed by atoms with Gasteiger partial charge in [0.2, 0.25) is 36.1 Å². The first kappa shape index (κ1) is 34.7. The van der Waals surface area contributed by atoms with Crippen LogP contribution in [0.4, 0.5) is 4.79 Å². The van der Waals surface area contributed by atoms with E-state index in [1.165, 1.54) is 14.2 Å². The van der Waals surface area contributed by atoms with Gasteiger partial charge in [0.15, 0.2) is 11.6 Å². The highest BCUT2D eigenvalue weighted by Crippen LogP contribution is 2.36. The van der Waals surface area contributed by atoms with Crippen molar-refractivity contribution in [1.82, 2.24) is 9.80 Å². The molecule has 4 atom stereocenters. The molecule has 0 aliphatic carbocycles. The summed E-state index contributed by atoms with van der Waals surface area (Å²) in [6.07, 6.45) is -7.54. The summed E-state index contributed by atoms with van der Waals surface area (Å²) in [6, 6.07) is 17.1. The Labute approximate surface area is 267 Å². The summed E-state index contributed by atoms with van der Waals surface area (Å²) in [7, 11) is 2.83. The summed E-state index contributed by atoms with van der Waals surface area (Å²) < 4.78 is 34.9. The van der Waals surface area contributed by atoms with Crippen LogP contribution in [0.5, 0.6) is 0 Å². The molecule has 0 spiro atoms. The molecule has 2 aliphatic heterocycles. The van der Waals surface area contributed by atoms with Crippen molar-refractivity contribution in [2.24, 2.45) is 0 Å². The van der Waals surface area contributed by atoms with Gasteiger partial charge in [0.05, 0.1) is 0 Å². The maximum absolute atomic E-state index is 13.8. The maximum atomic E-state index is 13.8. The second-order valence-electron chi connectivity index (χ2n) is 11.7. The Morgan fingerprint density at radius 1 is 0.587 bits per heavy atom. The number of carbonyl (C=O) groups is 5. The van der Waals surface area contributed by atoms with Gasteiger partial charge in [-0.2, -0.15) is 0 Å². The highest BCUT2D eigenvalue weighted by Gasteiger charge is 2.48. The molecule has 46 heavy (non-hydrogen) atoms. The van der Waals surface area contributed by atoms with Crippen molar-refractivity contribution >= 4 is 29.8 Å². The Bertz CT molecular complexity index is 1280. The predicted octanol–water partition coefficient (Wildman–Crippen LogP) is 4.37. The standard InChI is InChI=1S/C33H40N2O11/c1-32(2,41-5)45-27(21-13-9-7-10-14-21)29(34-23(36)17-18-24(34)37)43-31(40)44-30(35-25(38)19-20-26(35)39)28(46-33(3,4)42-6)22-15-11-8-12-16-22/h7-16,27-30H,17-20H2,1-6H3. The lowest BCUT2D eigenvalue weighted by atomic mass is 10.1. The molecule has 4 rings (SSSR count). The predicted molar refractivity (Wildman–Crippen MR) is 160 cm³/mol. The van der Waals surface area contributed by atoms with E-state index in [1.807, 2.05) is 0 Å². The monoisotopic (exact) mass is 640 g/mol. The van der Waals surface area contributed by atoms with Crippen molar-refractivity contribution < 1.29 is 52.4 Å². The minimum Gasteiger partial charge on any atom is -0.406 e. The lowest BCUT2D eigenvalue weighted by Crippen LogP contribution is -2.51. The van der Waals surface area contributed by atoms with Crippen molar-refractivity contribution in [3.8, 4) is 0 Å². The van der Waals surface area contributed by atoms with Crippen LogP contribution < -0.4 is 0 Å². The van der Waals surface area contributed by atoms with Gasteiger partial charge in [0, 0.05) is 39.9 Å². The molecule has 0 saturated carbocycles. The third-order valence-electron chi connectivity index (χ3n) is 7.70. The fraction of sp³-hybridized carbons (Fsp3) is 0.485. The number of imide groups is 2. The first-order valence-corrected chi connectivity index (χ1v) is 14.9. The van der Waals surface area contributed by atoms with E-state index < -0.39 is 66.0 Å². The molecule has 13 nitrogen and oxygen atoms in total. The fourth-order valence-electron chi connectivity index (χ4n) is 5.06. The summed E-state index contributed by atoms with van der Waals surface area (Å²) in [6.45, 7) is 6.47. The van der Waals surface area contributed by atoms with Crippen LogP contribution in [0.15, 0.2) is 60.7 Å². The number of likely N-dealkylation sites (tertiary alicyclic amines) is 2. The molecule has 0 bridgehead atoms. The average molecular weight is 641 g/mol. The Kier molecular flexibility index (Phi) is 10.9. The van der Waals surface area contributed by atoms with Gasteiger partial charge in [-0.1, -0.05) is 60.7 Å². The summed E-state index contributed by atoms with van der Waals surface area (Å²) in [5, 5.41) is 0. The van der Waals surface area contributed by atoms with Crippen molar-refractivity contribution in [2.45, 2.75) is 89.6 Å². The number of hydrogen-bond acceptors (Lipinski definition) is 11. The normalized spacial score (nSPS) is 18.5. The maximum Gasteiger partial charge on any atom is 0.512 e. The largest absolute Gasteiger partial charge is 0.512 e. The van der Waals surface area contributed by atoms with Gasteiger partial charge >= 0.3 is 6.16 Å². The molecule has 248 valence electrons. The average Bonchev–Trinajstić information content (AvgIpc) is 3.55. The molecule has 4 unspecified atom stereocenters. The van der Waals surface area contributed by atoms with Crippen LogP contribution in [-0.2, 0) is 47.6 Å². The molecule has 2 heterocycles. The van der Waals surface area contributed by atoms with Crippen LogP contribution in [0.3, 0.4) is 0 Å². The molecule has 2 aromatic rings. The molecule has 2 aromatic carbocycles. The van der Waals surface area contributed by atoms with Crippen LogP contribution >= 0.6 is 0 Å². The highest BCUT2D eigenvalue weighted by molar-refractivity contribution is 6.03. The van der Waals surface area contributed by atoms with Gasteiger partial charge in [-0.3, -0.25) is 19.2 Å². The van der Waals surface area contributed by atoms with Gasteiger partial charge < -0.3 is 28.4 Å². The summed E-state index contributed by atoms with van der Waals surface area (Å²) in [5.41, 5.74) is 0.929. The molecule has 0 aromatic heterocycles. The highest BCUT2D eigenvalue weighted by atomic mass is 16.8. The molecule has 13 heteroatoms. The third-order valence-corrected chi connectivity index (χ3v) is 7.70. The Morgan fingerprint density at radius 2 is 0.891 bits per heavy atom. The number of ether oxygens (including phenoxy) is 6. The number of rotatable bonds is 14. The minimum atomic E-state index is -1.65. The summed E-state index contributed by atoms with van der Waals surface area (Å²) in [4.78, 5) is 67.6. The van der Waals surface area contributed by atoms with E-state index >= 15 is 0 Å². The Morgan fingerprint density at radius 3 is 1.17 bits per heavy atom. The minimum absolute atomic E-state index is 0.0989. The number of methoxy groups -OCH3 is 2. The Balaban J connectivity index is 1.77. The topological polar surface area (TPSA) is 147 Å². The molecule has 2 saturated heterocycles. The van der Waals surface area contributed by atoms with Gasteiger partial charge in [-0.15, -0.1) is 0 Å². The van der Waals surface area contributed by atoms with E-state index in [4.69, 9.17) is 28.4 Å². The zero-order valence-corrected chi connectivity index (χ0v) is 26.8. The van der Waals surface area contributed by atoms with Crippen molar-refractivity contribution in [3.63, 3.8) is 0 Å². The van der Waals surface area contributed by atoms with Gasteiger partial charge in [0.25, 0.3) is 0 Å². The lowest BCUT2D eigenvalue weighted by molar-refractivity contribution is -0.265. The van der Waals surface area contributed by atoms with Gasteiger partial charge in [-0.05, 0) is 38.8 Å².